The SMILES string of the molecule is CCC(CC)(CNCC(C)C)CN1CCCS(=O)(=O)CC1. The summed E-state index contributed by atoms with van der Waals surface area (Å²) >= 11 is 0. The third-order valence-corrected chi connectivity index (χ3v) is 6.48. The van der Waals surface area contributed by atoms with Crippen LogP contribution in [0.2, 0.25) is 0 Å². The Hall–Kier alpha value is -0.130. The van der Waals surface area contributed by atoms with E-state index in [0.717, 1.165) is 45.4 Å². The number of sulfone groups is 1. The van der Waals surface area contributed by atoms with Gasteiger partial charge in [0.15, 0.2) is 9.84 Å². The molecular formula is C16H34N2O2S. The van der Waals surface area contributed by atoms with Gasteiger partial charge in [0.1, 0.15) is 0 Å². The van der Waals surface area contributed by atoms with Crippen molar-refractivity contribution in [2.45, 2.75) is 47.0 Å². The molecule has 1 saturated heterocycles. The van der Waals surface area contributed by atoms with Gasteiger partial charge < -0.3 is 10.2 Å². The van der Waals surface area contributed by atoms with Crippen LogP contribution in [0, 0.1) is 11.3 Å². The molecule has 1 N–H and O–H groups in total. The van der Waals surface area contributed by atoms with E-state index in [1.165, 1.54) is 0 Å². The van der Waals surface area contributed by atoms with Crippen molar-refractivity contribution in [3.63, 3.8) is 0 Å². The van der Waals surface area contributed by atoms with Gasteiger partial charge in [0, 0.05) is 19.6 Å². The molecule has 5 heteroatoms. The monoisotopic (exact) mass is 318 g/mol. The molecule has 126 valence electrons. The molecular weight excluding hydrogens is 284 g/mol. The van der Waals surface area contributed by atoms with E-state index in [-0.39, 0.29) is 5.41 Å². The maximum Gasteiger partial charge on any atom is 0.151 e. The van der Waals surface area contributed by atoms with E-state index in [1.54, 1.807) is 0 Å². The maximum atomic E-state index is 11.7. The van der Waals surface area contributed by atoms with Gasteiger partial charge in [-0.2, -0.15) is 0 Å². The quantitative estimate of drug-likeness (QED) is 0.745. The van der Waals surface area contributed by atoms with Crippen LogP contribution in [0.3, 0.4) is 0 Å². The summed E-state index contributed by atoms with van der Waals surface area (Å²) < 4.78 is 23.5. The van der Waals surface area contributed by atoms with Gasteiger partial charge in [-0.3, -0.25) is 0 Å². The molecule has 1 aliphatic rings. The zero-order valence-electron chi connectivity index (χ0n) is 14.3. The van der Waals surface area contributed by atoms with Gasteiger partial charge in [-0.25, -0.2) is 8.42 Å². The minimum Gasteiger partial charge on any atom is -0.316 e. The first kappa shape index (κ1) is 18.9. The van der Waals surface area contributed by atoms with Crippen molar-refractivity contribution >= 4 is 9.84 Å². The lowest BCUT2D eigenvalue weighted by molar-refractivity contribution is 0.140. The molecule has 1 rings (SSSR count). The van der Waals surface area contributed by atoms with Gasteiger partial charge in [0.25, 0.3) is 0 Å². The number of hydrogen-bond acceptors (Lipinski definition) is 4. The smallest absolute Gasteiger partial charge is 0.151 e. The standard InChI is InChI=1S/C16H34N2O2S/c1-5-16(6-2,13-17-12-15(3)4)14-18-8-7-10-21(19,20)11-9-18/h15,17H,5-14H2,1-4H3. The molecule has 0 saturated carbocycles. The van der Waals surface area contributed by atoms with Crippen LogP contribution in [-0.2, 0) is 9.84 Å². The Labute approximate surface area is 131 Å². The molecule has 0 amide bonds. The van der Waals surface area contributed by atoms with E-state index in [9.17, 15) is 8.42 Å². The second-order valence-electron chi connectivity index (χ2n) is 7.01. The zero-order chi connectivity index (χ0) is 15.9. The Morgan fingerprint density at radius 2 is 1.81 bits per heavy atom. The van der Waals surface area contributed by atoms with Crippen LogP contribution in [0.5, 0.6) is 0 Å². The minimum atomic E-state index is -2.81. The van der Waals surface area contributed by atoms with Crippen molar-refractivity contribution in [3.05, 3.63) is 0 Å². The van der Waals surface area contributed by atoms with E-state index in [0.29, 0.717) is 24.0 Å². The second kappa shape index (κ2) is 8.49. The van der Waals surface area contributed by atoms with Gasteiger partial charge in [-0.15, -0.1) is 0 Å². The first-order chi connectivity index (χ1) is 9.82. The predicted octanol–water partition coefficient (Wildman–Crippen LogP) is 2.16. The van der Waals surface area contributed by atoms with Crippen molar-refractivity contribution in [3.8, 4) is 0 Å². The minimum absolute atomic E-state index is 0.267. The fourth-order valence-corrected chi connectivity index (χ4v) is 4.34. The van der Waals surface area contributed by atoms with Crippen LogP contribution in [0.15, 0.2) is 0 Å². The molecule has 0 aromatic heterocycles. The molecule has 0 atom stereocenters. The molecule has 0 bridgehead atoms. The summed E-state index contributed by atoms with van der Waals surface area (Å²) in [6.07, 6.45) is 3.06. The lowest BCUT2D eigenvalue weighted by atomic mass is 9.81. The summed E-state index contributed by atoms with van der Waals surface area (Å²) in [6.45, 7) is 13.7. The Morgan fingerprint density at radius 3 is 2.38 bits per heavy atom. The fraction of sp³-hybridized carbons (Fsp3) is 1.00. The van der Waals surface area contributed by atoms with E-state index in [4.69, 9.17) is 0 Å². The van der Waals surface area contributed by atoms with E-state index >= 15 is 0 Å². The van der Waals surface area contributed by atoms with Crippen LogP contribution in [0.1, 0.15) is 47.0 Å². The van der Waals surface area contributed by atoms with Crippen molar-refractivity contribution in [2.75, 3.05) is 44.2 Å². The number of nitrogens with one attached hydrogen (secondary N) is 1. The molecule has 1 heterocycles. The highest BCUT2D eigenvalue weighted by Crippen LogP contribution is 2.27. The Morgan fingerprint density at radius 1 is 1.14 bits per heavy atom. The highest BCUT2D eigenvalue weighted by atomic mass is 32.2. The molecule has 0 unspecified atom stereocenters. The van der Waals surface area contributed by atoms with E-state index in [1.807, 2.05) is 0 Å². The molecule has 0 aromatic rings. The third-order valence-electron chi connectivity index (χ3n) is 4.76. The van der Waals surface area contributed by atoms with Crippen molar-refractivity contribution in [2.24, 2.45) is 11.3 Å². The molecule has 0 aromatic carbocycles. The topological polar surface area (TPSA) is 49.4 Å². The Kier molecular flexibility index (Phi) is 7.65. The van der Waals surface area contributed by atoms with E-state index in [2.05, 4.69) is 37.9 Å². The molecule has 21 heavy (non-hydrogen) atoms. The average Bonchev–Trinajstić information content (AvgIpc) is 2.58. The lowest BCUT2D eigenvalue weighted by Gasteiger charge is -2.37. The van der Waals surface area contributed by atoms with Crippen LogP contribution in [-0.4, -0.2) is 57.5 Å². The lowest BCUT2D eigenvalue weighted by Crippen LogP contribution is -2.45. The summed E-state index contributed by atoms with van der Waals surface area (Å²) in [5, 5.41) is 3.60. The number of rotatable bonds is 8. The van der Waals surface area contributed by atoms with Crippen LogP contribution in [0.25, 0.3) is 0 Å². The normalized spacial score (nSPS) is 20.6. The van der Waals surface area contributed by atoms with Crippen LogP contribution < -0.4 is 5.32 Å². The van der Waals surface area contributed by atoms with Gasteiger partial charge in [-0.05, 0) is 43.7 Å². The molecule has 1 fully saturated rings. The highest BCUT2D eigenvalue weighted by Gasteiger charge is 2.30. The maximum absolute atomic E-state index is 11.7. The molecule has 0 aliphatic carbocycles. The first-order valence-electron chi connectivity index (χ1n) is 8.46. The summed E-state index contributed by atoms with van der Waals surface area (Å²) in [5.41, 5.74) is 0.267. The predicted molar refractivity (Wildman–Crippen MR) is 90.4 cm³/mol. The largest absolute Gasteiger partial charge is 0.316 e. The zero-order valence-corrected chi connectivity index (χ0v) is 15.1. The van der Waals surface area contributed by atoms with Gasteiger partial charge in [0.05, 0.1) is 11.5 Å². The Bertz CT molecular complexity index is 389. The van der Waals surface area contributed by atoms with Gasteiger partial charge in [-0.1, -0.05) is 27.7 Å². The van der Waals surface area contributed by atoms with Crippen molar-refractivity contribution < 1.29 is 8.42 Å². The molecule has 0 spiro atoms. The molecule has 1 aliphatic heterocycles. The Balaban J connectivity index is 2.60. The van der Waals surface area contributed by atoms with E-state index < -0.39 is 9.84 Å². The fourth-order valence-electron chi connectivity index (χ4n) is 3.03. The second-order valence-corrected chi connectivity index (χ2v) is 9.32. The number of nitrogens with zero attached hydrogens (tertiary/aromatic N) is 1. The molecule has 4 nitrogen and oxygen atoms in total. The van der Waals surface area contributed by atoms with Gasteiger partial charge >= 0.3 is 0 Å². The molecule has 0 radical (unpaired) electrons. The number of hydrogen-bond donors (Lipinski definition) is 1. The summed E-state index contributed by atoms with van der Waals surface area (Å²) in [7, 11) is -2.81. The van der Waals surface area contributed by atoms with Crippen LogP contribution in [0.4, 0.5) is 0 Å². The van der Waals surface area contributed by atoms with Crippen molar-refractivity contribution in [1.82, 2.24) is 10.2 Å². The van der Waals surface area contributed by atoms with Crippen LogP contribution >= 0.6 is 0 Å². The third kappa shape index (κ3) is 6.66. The van der Waals surface area contributed by atoms with Crippen molar-refractivity contribution in [1.29, 1.82) is 0 Å². The van der Waals surface area contributed by atoms with Gasteiger partial charge in [0.2, 0.25) is 0 Å². The average molecular weight is 319 g/mol. The highest BCUT2D eigenvalue weighted by molar-refractivity contribution is 7.91. The summed E-state index contributed by atoms with van der Waals surface area (Å²) in [4.78, 5) is 2.37. The first-order valence-corrected chi connectivity index (χ1v) is 10.3. The summed E-state index contributed by atoms with van der Waals surface area (Å²) in [6, 6.07) is 0. The summed E-state index contributed by atoms with van der Waals surface area (Å²) in [5.74, 6) is 1.36.